The Hall–Kier alpha value is -2.10. The fraction of sp³-hybridized carbons (Fsp3) is 0.316. The highest BCUT2D eigenvalue weighted by molar-refractivity contribution is 7.99. The molecule has 3 aromatic rings. The molecule has 0 radical (unpaired) electrons. The van der Waals surface area contributed by atoms with Crippen molar-refractivity contribution in [2.75, 3.05) is 5.75 Å². The van der Waals surface area contributed by atoms with E-state index in [1.165, 1.54) is 18.0 Å². The van der Waals surface area contributed by atoms with Crippen molar-refractivity contribution in [3.8, 4) is 5.75 Å². The van der Waals surface area contributed by atoms with E-state index in [9.17, 15) is 8.78 Å². The summed E-state index contributed by atoms with van der Waals surface area (Å²) >= 11 is 13.2. The van der Waals surface area contributed by atoms with Crippen LogP contribution in [0.5, 0.6) is 5.75 Å². The van der Waals surface area contributed by atoms with Crippen molar-refractivity contribution in [3.63, 3.8) is 0 Å². The van der Waals surface area contributed by atoms with Crippen LogP contribution in [0, 0.1) is 0 Å². The highest BCUT2D eigenvalue weighted by Gasteiger charge is 2.20. The van der Waals surface area contributed by atoms with Gasteiger partial charge in [0.05, 0.1) is 16.3 Å². The van der Waals surface area contributed by atoms with Crippen LogP contribution in [0.1, 0.15) is 43.5 Å². The monoisotopic (exact) mass is 474 g/mol. The third kappa shape index (κ3) is 5.96. The fourth-order valence-electron chi connectivity index (χ4n) is 2.30. The van der Waals surface area contributed by atoms with E-state index in [4.69, 9.17) is 32.4 Å². The molecule has 0 unspecified atom stereocenters. The van der Waals surface area contributed by atoms with Gasteiger partial charge in [0.1, 0.15) is 23.9 Å². The first-order valence-electron chi connectivity index (χ1n) is 9.05. The van der Waals surface area contributed by atoms with Gasteiger partial charge in [-0.2, -0.15) is 9.78 Å². The minimum atomic E-state index is -2.79. The van der Waals surface area contributed by atoms with E-state index in [1.54, 1.807) is 30.3 Å². The maximum Gasteiger partial charge on any atom is 0.299 e. The predicted molar refractivity (Wildman–Crippen MR) is 113 cm³/mol. The Morgan fingerprint density at radius 2 is 2.07 bits per heavy atom. The number of unbranched alkanes of at least 4 members (excludes halogenated alkanes) is 1. The lowest BCUT2D eigenvalue weighted by Crippen LogP contribution is -2.01. The van der Waals surface area contributed by atoms with Crippen molar-refractivity contribution >= 4 is 41.2 Å². The fourth-order valence-corrected chi connectivity index (χ4v) is 3.56. The summed E-state index contributed by atoms with van der Waals surface area (Å²) in [6.07, 6.45) is 0.473. The lowest BCUT2D eigenvalue weighted by Gasteiger charge is -2.05. The highest BCUT2D eigenvalue weighted by Crippen LogP contribution is 2.27. The van der Waals surface area contributed by atoms with E-state index in [2.05, 4.69) is 15.3 Å². The first-order chi connectivity index (χ1) is 14.5. The van der Waals surface area contributed by atoms with Crippen LogP contribution in [-0.4, -0.2) is 26.8 Å². The summed E-state index contributed by atoms with van der Waals surface area (Å²) in [4.78, 5) is 0. The second kappa shape index (κ2) is 10.8. The molecule has 160 valence electrons. The molecule has 0 bridgehead atoms. The van der Waals surface area contributed by atoms with Gasteiger partial charge in [-0.1, -0.05) is 48.3 Å². The van der Waals surface area contributed by atoms with Gasteiger partial charge in [0.2, 0.25) is 11.0 Å². The Morgan fingerprint density at radius 3 is 2.80 bits per heavy atom. The number of thioether (sulfide) groups is 1. The summed E-state index contributed by atoms with van der Waals surface area (Å²) in [6, 6.07) is 8.29. The Labute approximate surface area is 186 Å². The molecule has 3 rings (SSSR count). The lowest BCUT2D eigenvalue weighted by atomic mass is 10.3. The zero-order chi connectivity index (χ0) is 21.5. The molecule has 0 aliphatic carbocycles. The molecule has 2 heterocycles. The van der Waals surface area contributed by atoms with Crippen LogP contribution in [0.15, 0.2) is 45.0 Å². The van der Waals surface area contributed by atoms with Crippen molar-refractivity contribution in [1.82, 2.24) is 14.9 Å². The molecule has 0 aliphatic heterocycles. The molecule has 0 atom stereocenters. The third-order valence-electron chi connectivity index (χ3n) is 3.82. The molecule has 30 heavy (non-hydrogen) atoms. The van der Waals surface area contributed by atoms with Crippen molar-refractivity contribution in [2.24, 2.45) is 5.10 Å². The zero-order valence-electron chi connectivity index (χ0n) is 15.9. The Bertz CT molecular complexity index is 1010. The van der Waals surface area contributed by atoms with Crippen molar-refractivity contribution in [3.05, 3.63) is 57.7 Å². The van der Waals surface area contributed by atoms with Gasteiger partial charge in [0.15, 0.2) is 0 Å². The van der Waals surface area contributed by atoms with E-state index >= 15 is 0 Å². The van der Waals surface area contributed by atoms with Gasteiger partial charge in [0, 0.05) is 11.8 Å². The third-order valence-corrected chi connectivity index (χ3v) is 5.56. The average Bonchev–Trinajstić information content (AvgIpc) is 3.34. The number of halogens is 4. The number of benzene rings is 1. The van der Waals surface area contributed by atoms with Gasteiger partial charge in [-0.3, -0.25) is 0 Å². The topological polar surface area (TPSA) is 65.4 Å². The molecule has 6 nitrogen and oxygen atoms in total. The molecule has 2 aromatic heterocycles. The van der Waals surface area contributed by atoms with Crippen LogP contribution >= 0.6 is 35.0 Å². The summed E-state index contributed by atoms with van der Waals surface area (Å²) in [5, 5.41) is 12.6. The normalized spacial score (nSPS) is 11.7. The largest absolute Gasteiger partial charge is 0.486 e. The number of furan rings is 1. The van der Waals surface area contributed by atoms with Crippen LogP contribution in [0.2, 0.25) is 10.0 Å². The van der Waals surface area contributed by atoms with Gasteiger partial charge in [-0.05, 0) is 30.7 Å². The number of nitrogens with zero attached hydrogens (tertiary/aromatic N) is 4. The number of aromatic nitrogens is 3. The number of hydrogen-bond acceptors (Lipinski definition) is 6. The summed E-state index contributed by atoms with van der Waals surface area (Å²) in [5.74, 6) is 1.67. The minimum Gasteiger partial charge on any atom is -0.486 e. The summed E-state index contributed by atoms with van der Waals surface area (Å²) in [5.41, 5.74) is 0. The molecular formula is C19H18Cl2F2N4O2S. The first kappa shape index (κ1) is 22.6. The van der Waals surface area contributed by atoms with Gasteiger partial charge < -0.3 is 9.15 Å². The maximum absolute atomic E-state index is 13.2. The quantitative estimate of drug-likeness (QED) is 0.191. The summed E-state index contributed by atoms with van der Waals surface area (Å²) < 4.78 is 38.7. The van der Waals surface area contributed by atoms with Crippen LogP contribution in [0.3, 0.4) is 0 Å². The van der Waals surface area contributed by atoms with Gasteiger partial charge in [0.25, 0.3) is 6.43 Å². The molecule has 11 heteroatoms. The number of rotatable bonds is 10. The minimum absolute atomic E-state index is 0.152. The smallest absolute Gasteiger partial charge is 0.299 e. The van der Waals surface area contributed by atoms with Gasteiger partial charge in [-0.15, -0.1) is 10.2 Å². The molecular weight excluding hydrogens is 457 g/mol. The molecule has 0 amide bonds. The van der Waals surface area contributed by atoms with Crippen LogP contribution in [0.25, 0.3) is 0 Å². The van der Waals surface area contributed by atoms with E-state index < -0.39 is 12.2 Å². The van der Waals surface area contributed by atoms with Crippen LogP contribution in [0.4, 0.5) is 8.78 Å². The Kier molecular flexibility index (Phi) is 8.12. The zero-order valence-corrected chi connectivity index (χ0v) is 18.2. The molecule has 0 spiro atoms. The summed E-state index contributed by atoms with van der Waals surface area (Å²) in [7, 11) is 0. The second-order valence-corrected chi connectivity index (χ2v) is 7.94. The van der Waals surface area contributed by atoms with E-state index in [0.29, 0.717) is 32.5 Å². The second-order valence-electron chi connectivity index (χ2n) is 6.07. The highest BCUT2D eigenvalue weighted by atomic mass is 35.5. The van der Waals surface area contributed by atoms with Crippen molar-refractivity contribution in [2.45, 2.75) is 38.0 Å². The first-order valence-corrected chi connectivity index (χ1v) is 10.8. The number of ether oxygens (including phenoxy) is 1. The lowest BCUT2D eigenvalue weighted by molar-refractivity contribution is 0.135. The average molecular weight is 475 g/mol. The SMILES string of the molecule is CCCCSc1nnc(C(F)F)n1N=Cc1ccc(COc2ccc(Cl)c(Cl)c2)o1. The maximum atomic E-state index is 13.2. The molecule has 0 saturated carbocycles. The van der Waals surface area contributed by atoms with Gasteiger partial charge in [-0.25, -0.2) is 8.78 Å². The Morgan fingerprint density at radius 1 is 1.23 bits per heavy atom. The predicted octanol–water partition coefficient (Wildman–Crippen LogP) is 6.47. The van der Waals surface area contributed by atoms with E-state index in [0.717, 1.165) is 23.3 Å². The van der Waals surface area contributed by atoms with Crippen LogP contribution in [-0.2, 0) is 6.61 Å². The molecule has 0 fully saturated rings. The number of alkyl halides is 2. The van der Waals surface area contributed by atoms with Crippen molar-refractivity contribution < 1.29 is 17.9 Å². The summed E-state index contributed by atoms with van der Waals surface area (Å²) in [6.45, 7) is 2.20. The van der Waals surface area contributed by atoms with Gasteiger partial charge >= 0.3 is 0 Å². The van der Waals surface area contributed by atoms with E-state index in [-0.39, 0.29) is 6.61 Å². The number of hydrogen-bond donors (Lipinski definition) is 0. The molecule has 0 saturated heterocycles. The van der Waals surface area contributed by atoms with Crippen molar-refractivity contribution in [1.29, 1.82) is 0 Å². The molecule has 0 aliphatic rings. The standard InChI is InChI=1S/C19H18Cl2F2N4O2S/c1-2-3-8-30-19-26-25-18(17(22)23)27(19)24-10-13-4-5-14(29-13)11-28-12-6-7-15(20)16(21)9-12/h4-7,9-10,17H,2-3,8,11H2,1H3. The molecule has 0 N–H and O–H groups in total. The molecule has 1 aromatic carbocycles. The van der Waals surface area contributed by atoms with Crippen LogP contribution < -0.4 is 4.74 Å². The van der Waals surface area contributed by atoms with E-state index in [1.807, 2.05) is 6.92 Å². The Balaban J connectivity index is 1.67.